The number of nitro benzene ring substituents is 1. The molecule has 0 saturated carbocycles. The summed E-state index contributed by atoms with van der Waals surface area (Å²) in [5.74, 6) is -0.519. The predicted octanol–water partition coefficient (Wildman–Crippen LogP) is 2.98. The maximum absolute atomic E-state index is 13.0. The number of benzene rings is 2. The number of nitro groups is 1. The van der Waals surface area contributed by atoms with E-state index in [1.165, 1.54) is 0 Å². The Morgan fingerprint density at radius 3 is 2.54 bits per heavy atom. The molecule has 0 aliphatic carbocycles. The van der Waals surface area contributed by atoms with Gasteiger partial charge >= 0.3 is 0 Å². The van der Waals surface area contributed by atoms with Gasteiger partial charge in [0.15, 0.2) is 5.75 Å². The zero-order valence-electron chi connectivity index (χ0n) is 12.0. The molecule has 0 saturated heterocycles. The summed E-state index contributed by atoms with van der Waals surface area (Å²) < 4.78 is 44.9. The lowest BCUT2D eigenvalue weighted by Gasteiger charge is -2.30. The highest BCUT2D eigenvalue weighted by Crippen LogP contribution is 2.43. The second-order valence-corrected chi connectivity index (χ2v) is 7.18. The maximum atomic E-state index is 13.0. The standard InChI is InChI=1S/C14H10ClFN2O5S/c15-12-7-10(18(19)20)8-13-14(12)23-6-5-17(13)24(21,22)11-3-1-9(16)2-4-11/h1-4,7-8H,5-6H2. The number of sulfonamides is 1. The van der Waals surface area contributed by atoms with Gasteiger partial charge in [-0.2, -0.15) is 0 Å². The van der Waals surface area contributed by atoms with Crippen LogP contribution in [0.2, 0.25) is 5.02 Å². The fourth-order valence-electron chi connectivity index (χ4n) is 2.33. The lowest BCUT2D eigenvalue weighted by Crippen LogP contribution is -2.38. The highest BCUT2D eigenvalue weighted by molar-refractivity contribution is 7.92. The van der Waals surface area contributed by atoms with Crippen LogP contribution >= 0.6 is 11.6 Å². The van der Waals surface area contributed by atoms with Crippen LogP contribution < -0.4 is 9.04 Å². The van der Waals surface area contributed by atoms with Crippen molar-refractivity contribution in [1.82, 2.24) is 0 Å². The number of non-ortho nitro benzene ring substituents is 1. The Bertz CT molecular complexity index is 918. The fourth-order valence-corrected chi connectivity index (χ4v) is 4.04. The Hall–Kier alpha value is -2.39. The number of rotatable bonds is 3. The summed E-state index contributed by atoms with van der Waals surface area (Å²) in [5.41, 5.74) is -0.381. The van der Waals surface area contributed by atoms with Crippen LogP contribution in [0.25, 0.3) is 0 Å². The van der Waals surface area contributed by atoms with Gasteiger partial charge in [0.05, 0.1) is 21.4 Å². The third-order valence-corrected chi connectivity index (χ3v) is 5.54. The molecule has 0 radical (unpaired) electrons. The Morgan fingerprint density at radius 1 is 1.25 bits per heavy atom. The molecule has 7 nitrogen and oxygen atoms in total. The molecule has 2 aromatic carbocycles. The smallest absolute Gasteiger partial charge is 0.273 e. The fraction of sp³-hybridized carbons (Fsp3) is 0.143. The number of nitrogens with zero attached hydrogens (tertiary/aromatic N) is 2. The SMILES string of the molecule is O=[N+]([O-])c1cc(Cl)c2c(c1)N(S(=O)(=O)c1ccc(F)cc1)CCO2. The van der Waals surface area contributed by atoms with Crippen LogP contribution in [0.3, 0.4) is 0 Å². The highest BCUT2D eigenvalue weighted by atomic mass is 35.5. The van der Waals surface area contributed by atoms with Gasteiger partial charge in [0.2, 0.25) is 0 Å². The van der Waals surface area contributed by atoms with Gasteiger partial charge in [-0.25, -0.2) is 12.8 Å². The summed E-state index contributed by atoms with van der Waals surface area (Å²) in [4.78, 5) is 10.2. The van der Waals surface area contributed by atoms with Gasteiger partial charge in [0.1, 0.15) is 18.1 Å². The van der Waals surface area contributed by atoms with E-state index in [2.05, 4.69) is 0 Å². The minimum absolute atomic E-state index is 0.0234. The molecule has 0 fully saturated rings. The van der Waals surface area contributed by atoms with E-state index in [4.69, 9.17) is 16.3 Å². The van der Waals surface area contributed by atoms with Crippen molar-refractivity contribution in [3.05, 3.63) is 57.4 Å². The van der Waals surface area contributed by atoms with E-state index in [-0.39, 0.29) is 40.2 Å². The first-order chi connectivity index (χ1) is 11.3. The molecule has 0 spiro atoms. The zero-order chi connectivity index (χ0) is 17.5. The summed E-state index contributed by atoms with van der Waals surface area (Å²) in [6.45, 7) is -0.0187. The molecular weight excluding hydrogens is 363 g/mol. The van der Waals surface area contributed by atoms with E-state index < -0.39 is 20.8 Å². The van der Waals surface area contributed by atoms with E-state index in [0.29, 0.717) is 0 Å². The molecule has 24 heavy (non-hydrogen) atoms. The van der Waals surface area contributed by atoms with Crippen molar-refractivity contribution in [2.75, 3.05) is 17.5 Å². The summed E-state index contributed by atoms with van der Waals surface area (Å²) >= 11 is 5.97. The normalized spacial score (nSPS) is 14.0. The molecule has 1 aliphatic rings. The Balaban J connectivity index is 2.15. The number of halogens is 2. The van der Waals surface area contributed by atoms with E-state index in [1.807, 2.05) is 0 Å². The lowest BCUT2D eigenvalue weighted by molar-refractivity contribution is -0.384. The van der Waals surface area contributed by atoms with Gasteiger partial charge in [-0.15, -0.1) is 0 Å². The zero-order valence-corrected chi connectivity index (χ0v) is 13.6. The Morgan fingerprint density at radius 2 is 1.92 bits per heavy atom. The number of hydrogen-bond acceptors (Lipinski definition) is 5. The number of anilines is 1. The third kappa shape index (κ3) is 2.76. The van der Waals surface area contributed by atoms with E-state index in [9.17, 15) is 22.9 Å². The van der Waals surface area contributed by atoms with Crippen molar-refractivity contribution >= 4 is 33.0 Å². The van der Waals surface area contributed by atoms with Gasteiger partial charge < -0.3 is 4.74 Å². The summed E-state index contributed by atoms with van der Waals surface area (Å²) in [7, 11) is -4.05. The topological polar surface area (TPSA) is 89.8 Å². The van der Waals surface area contributed by atoms with Crippen LogP contribution in [-0.2, 0) is 10.0 Å². The van der Waals surface area contributed by atoms with Crippen molar-refractivity contribution in [1.29, 1.82) is 0 Å². The van der Waals surface area contributed by atoms with Gasteiger partial charge in [-0.1, -0.05) is 11.6 Å². The highest BCUT2D eigenvalue weighted by Gasteiger charge is 2.33. The van der Waals surface area contributed by atoms with Crippen LogP contribution in [0.5, 0.6) is 5.75 Å². The van der Waals surface area contributed by atoms with Gasteiger partial charge in [-0.05, 0) is 24.3 Å². The molecule has 2 aromatic rings. The van der Waals surface area contributed by atoms with Crippen molar-refractivity contribution in [3.63, 3.8) is 0 Å². The summed E-state index contributed by atoms with van der Waals surface area (Å²) in [6.07, 6.45) is 0. The van der Waals surface area contributed by atoms with Crippen molar-refractivity contribution < 1.29 is 22.5 Å². The number of ether oxygens (including phenoxy) is 1. The summed E-state index contributed by atoms with van der Waals surface area (Å²) in [6, 6.07) is 6.47. The van der Waals surface area contributed by atoms with Crippen LogP contribution in [0.15, 0.2) is 41.3 Å². The molecule has 10 heteroatoms. The average molecular weight is 373 g/mol. The molecule has 1 heterocycles. The molecular formula is C14H10ClFN2O5S. The Labute approximate surface area is 141 Å². The van der Waals surface area contributed by atoms with Crippen LogP contribution in [-0.4, -0.2) is 26.5 Å². The van der Waals surface area contributed by atoms with Gasteiger partial charge in [-0.3, -0.25) is 14.4 Å². The van der Waals surface area contributed by atoms with Crippen LogP contribution in [0.4, 0.5) is 15.8 Å². The second-order valence-electron chi connectivity index (χ2n) is 4.91. The molecule has 0 bridgehead atoms. The molecule has 0 unspecified atom stereocenters. The maximum Gasteiger partial charge on any atom is 0.273 e. The second kappa shape index (κ2) is 5.91. The molecule has 0 atom stereocenters. The average Bonchev–Trinajstić information content (AvgIpc) is 2.54. The largest absolute Gasteiger partial charge is 0.488 e. The monoisotopic (exact) mass is 372 g/mol. The lowest BCUT2D eigenvalue weighted by atomic mass is 10.2. The number of hydrogen-bond donors (Lipinski definition) is 0. The molecule has 0 N–H and O–H groups in total. The molecule has 0 aromatic heterocycles. The quantitative estimate of drug-likeness (QED) is 0.610. The van der Waals surface area contributed by atoms with Crippen LogP contribution in [0.1, 0.15) is 0 Å². The van der Waals surface area contributed by atoms with Gasteiger partial charge in [0.25, 0.3) is 15.7 Å². The predicted molar refractivity (Wildman–Crippen MR) is 84.5 cm³/mol. The first kappa shape index (κ1) is 16.5. The minimum Gasteiger partial charge on any atom is -0.488 e. The van der Waals surface area contributed by atoms with E-state index in [1.54, 1.807) is 0 Å². The Kier molecular flexibility index (Phi) is 4.06. The van der Waals surface area contributed by atoms with Crippen molar-refractivity contribution in [2.24, 2.45) is 0 Å². The van der Waals surface area contributed by atoms with E-state index >= 15 is 0 Å². The van der Waals surface area contributed by atoms with E-state index in [0.717, 1.165) is 40.7 Å². The first-order valence-electron chi connectivity index (χ1n) is 6.70. The van der Waals surface area contributed by atoms with Crippen LogP contribution in [0, 0.1) is 15.9 Å². The van der Waals surface area contributed by atoms with Gasteiger partial charge in [0, 0.05) is 12.1 Å². The molecule has 1 aliphatic heterocycles. The van der Waals surface area contributed by atoms with Crippen molar-refractivity contribution in [2.45, 2.75) is 4.90 Å². The molecule has 126 valence electrons. The first-order valence-corrected chi connectivity index (χ1v) is 8.51. The molecule has 0 amide bonds. The third-order valence-electron chi connectivity index (χ3n) is 3.43. The molecule has 3 rings (SSSR count). The van der Waals surface area contributed by atoms with Crippen molar-refractivity contribution in [3.8, 4) is 5.75 Å². The number of fused-ring (bicyclic) bond motifs is 1. The minimum atomic E-state index is -4.05. The summed E-state index contributed by atoms with van der Waals surface area (Å²) in [5, 5.41) is 10.9.